The lowest BCUT2D eigenvalue weighted by molar-refractivity contribution is 1.03. The van der Waals surface area contributed by atoms with Gasteiger partial charge in [0.25, 0.3) is 0 Å². The quantitative estimate of drug-likeness (QED) is 0.159. The van der Waals surface area contributed by atoms with Gasteiger partial charge in [-0.2, -0.15) is 5.26 Å². The molecule has 0 saturated heterocycles. The summed E-state index contributed by atoms with van der Waals surface area (Å²) in [6.45, 7) is 9.75. The summed E-state index contributed by atoms with van der Waals surface area (Å²) in [5.74, 6) is 0. The fourth-order valence-electron chi connectivity index (χ4n) is 12.8. The molecule has 0 fully saturated rings. The maximum atomic E-state index is 12.5. The molecule has 0 atom stereocenters. The molecule has 0 spiro atoms. The molecular formula is C68H39N7. The van der Waals surface area contributed by atoms with Crippen molar-refractivity contribution >= 4 is 115 Å². The Hall–Kier alpha value is -10.6. The third-order valence-corrected chi connectivity index (χ3v) is 15.7. The van der Waals surface area contributed by atoms with Gasteiger partial charge in [-0.3, -0.25) is 0 Å². The Morgan fingerprint density at radius 2 is 0.573 bits per heavy atom. The van der Waals surface area contributed by atoms with E-state index in [-0.39, 0.29) is 0 Å². The van der Waals surface area contributed by atoms with Gasteiger partial charge < -0.3 is 22.8 Å². The highest BCUT2D eigenvalue weighted by atomic mass is 15.1. The highest BCUT2D eigenvalue weighted by Crippen LogP contribution is 2.52. The van der Waals surface area contributed by atoms with Crippen LogP contribution in [0.15, 0.2) is 237 Å². The van der Waals surface area contributed by atoms with Gasteiger partial charge in [-0.15, -0.1) is 0 Å². The summed E-state index contributed by atoms with van der Waals surface area (Å²) in [7, 11) is 0. The molecular weight excluding hydrogens is 915 g/mol. The van der Waals surface area contributed by atoms with Crippen LogP contribution in [0.25, 0.3) is 142 Å². The summed E-state index contributed by atoms with van der Waals surface area (Å²) >= 11 is 0. The minimum atomic E-state index is 0.356. The average molecular weight is 954 g/mol. The van der Waals surface area contributed by atoms with Crippen LogP contribution >= 0.6 is 0 Å². The number of aromatic nitrogens is 5. The number of hydrogen-bond donors (Lipinski definition) is 0. The van der Waals surface area contributed by atoms with Crippen molar-refractivity contribution in [2.75, 3.05) is 0 Å². The molecule has 0 saturated carbocycles. The average Bonchev–Trinajstić information content (AvgIpc) is 4.28. The standard InChI is InChI=1S/C68H39N7/c1-70-64-65(72-55-32-14-5-23-43(55)44-24-6-15-33-56(44)72)53(41-69)66(73-57-34-16-7-25-45(57)46-26-8-17-35-58(46)73)68(67(64)74-59-36-18-9-27-47(59)48-28-10-19-37-60(48)74)75-61-38-20-12-30-50(61)52-39-51-49-29-11-13-31-54(49)71(62(51)40-63(52)75)42-21-3-2-4-22-42/h2-40H. The van der Waals surface area contributed by atoms with Gasteiger partial charge in [0.15, 0.2) is 0 Å². The van der Waals surface area contributed by atoms with Crippen LogP contribution in [0.5, 0.6) is 0 Å². The Bertz CT molecular complexity index is 4900. The second-order valence-electron chi connectivity index (χ2n) is 19.4. The van der Waals surface area contributed by atoms with Gasteiger partial charge in [-0.25, -0.2) is 4.85 Å². The molecule has 0 N–H and O–H groups in total. The SMILES string of the molecule is [C-]#[N+]c1c(-n2c3ccccc3c3ccccc32)c(C#N)c(-n2c3ccccc3c3ccccc32)c(-n2c3ccccc3c3cc4c5ccccc5n(-c5ccccc5)c4cc32)c1-n1c2ccccc2c2ccccc21. The van der Waals surface area contributed by atoms with Gasteiger partial charge in [-0.1, -0.05) is 164 Å². The number of para-hydroxylation sites is 9. The van der Waals surface area contributed by atoms with Crippen LogP contribution in [0, 0.1) is 17.9 Å². The zero-order valence-corrected chi connectivity index (χ0v) is 40.1. The predicted molar refractivity (Wildman–Crippen MR) is 309 cm³/mol. The predicted octanol–water partition coefficient (Wildman–Crippen LogP) is 17.6. The zero-order chi connectivity index (χ0) is 49.5. The first kappa shape index (κ1) is 41.1. The monoisotopic (exact) mass is 953 g/mol. The Balaban J connectivity index is 1.23. The van der Waals surface area contributed by atoms with Crippen molar-refractivity contribution in [3.8, 4) is 34.5 Å². The number of rotatable bonds is 5. The molecule has 0 aliphatic carbocycles. The van der Waals surface area contributed by atoms with E-state index >= 15 is 0 Å². The Morgan fingerprint density at radius 3 is 0.947 bits per heavy atom. The van der Waals surface area contributed by atoms with Crippen molar-refractivity contribution in [3.05, 3.63) is 254 Å². The summed E-state index contributed by atoms with van der Waals surface area (Å²) in [6.07, 6.45) is 0. The lowest BCUT2D eigenvalue weighted by Crippen LogP contribution is -2.14. The highest BCUT2D eigenvalue weighted by molar-refractivity contribution is 6.21. The second kappa shape index (κ2) is 15.5. The van der Waals surface area contributed by atoms with E-state index in [4.69, 9.17) is 4.85 Å². The molecule has 0 radical (unpaired) electrons. The summed E-state index contributed by atoms with van der Waals surface area (Å²) in [4.78, 5) is 4.76. The minimum absolute atomic E-state index is 0.356. The normalized spacial score (nSPS) is 12.0. The maximum Gasteiger partial charge on any atom is 0.237 e. The topological polar surface area (TPSA) is 52.8 Å². The first-order valence-corrected chi connectivity index (χ1v) is 25.2. The number of hydrogen-bond acceptors (Lipinski definition) is 1. The fraction of sp³-hybridized carbons (Fsp3) is 0. The van der Waals surface area contributed by atoms with Gasteiger partial charge in [-0.05, 0) is 72.8 Å². The van der Waals surface area contributed by atoms with Gasteiger partial charge in [0.1, 0.15) is 6.07 Å². The lowest BCUT2D eigenvalue weighted by atomic mass is 10.0. The first-order chi connectivity index (χ1) is 37.2. The van der Waals surface area contributed by atoms with Crippen molar-refractivity contribution in [2.24, 2.45) is 0 Å². The van der Waals surface area contributed by atoms with Crippen molar-refractivity contribution in [1.82, 2.24) is 22.8 Å². The number of nitrogens with zero attached hydrogens (tertiary/aromatic N) is 7. The third kappa shape index (κ3) is 5.45. The molecule has 0 aliphatic heterocycles. The minimum Gasteiger partial charge on any atom is -0.318 e. The molecule has 0 unspecified atom stereocenters. The molecule has 5 heterocycles. The Kier molecular flexibility index (Phi) is 8.46. The molecule has 346 valence electrons. The van der Waals surface area contributed by atoms with Crippen LogP contribution in [0.2, 0.25) is 0 Å². The van der Waals surface area contributed by atoms with Gasteiger partial charge in [0, 0.05) is 59.5 Å². The molecule has 16 rings (SSSR count). The number of nitriles is 1. The molecule has 0 bridgehead atoms. The summed E-state index contributed by atoms with van der Waals surface area (Å²) in [5, 5.41) is 23.2. The van der Waals surface area contributed by atoms with E-state index in [1.54, 1.807) is 0 Å². The van der Waals surface area contributed by atoms with Crippen molar-refractivity contribution in [2.45, 2.75) is 0 Å². The maximum absolute atomic E-state index is 12.5. The van der Waals surface area contributed by atoms with Crippen LogP contribution in [0.1, 0.15) is 5.56 Å². The van der Waals surface area contributed by atoms with E-state index in [9.17, 15) is 11.8 Å². The van der Waals surface area contributed by atoms with Crippen LogP contribution < -0.4 is 0 Å². The van der Waals surface area contributed by atoms with Crippen molar-refractivity contribution in [1.29, 1.82) is 5.26 Å². The molecule has 7 heteroatoms. The van der Waals surface area contributed by atoms with Crippen molar-refractivity contribution < 1.29 is 0 Å². The van der Waals surface area contributed by atoms with E-state index in [1.807, 2.05) is 12.1 Å². The molecule has 5 aromatic heterocycles. The second-order valence-corrected chi connectivity index (χ2v) is 19.4. The van der Waals surface area contributed by atoms with Gasteiger partial charge >= 0.3 is 0 Å². The van der Waals surface area contributed by atoms with E-state index in [1.165, 1.54) is 0 Å². The largest absolute Gasteiger partial charge is 0.318 e. The van der Waals surface area contributed by atoms with Crippen molar-refractivity contribution in [3.63, 3.8) is 0 Å². The summed E-state index contributed by atoms with van der Waals surface area (Å²) in [5.41, 5.74) is 14.0. The highest BCUT2D eigenvalue weighted by Gasteiger charge is 2.35. The van der Waals surface area contributed by atoms with Crippen LogP contribution in [-0.2, 0) is 0 Å². The van der Waals surface area contributed by atoms with Crippen LogP contribution in [-0.4, -0.2) is 22.8 Å². The summed E-state index contributed by atoms with van der Waals surface area (Å²) in [6, 6.07) is 86.2. The molecule has 7 nitrogen and oxygen atoms in total. The van der Waals surface area contributed by atoms with E-state index < -0.39 is 0 Å². The number of benzene rings is 11. The van der Waals surface area contributed by atoms with E-state index in [0.29, 0.717) is 34.0 Å². The van der Waals surface area contributed by atoms with Gasteiger partial charge in [0.2, 0.25) is 5.69 Å². The smallest absolute Gasteiger partial charge is 0.237 e. The van der Waals surface area contributed by atoms with E-state index in [2.05, 4.69) is 253 Å². The zero-order valence-electron chi connectivity index (χ0n) is 40.1. The lowest BCUT2D eigenvalue weighted by Gasteiger charge is -2.27. The molecule has 75 heavy (non-hydrogen) atoms. The van der Waals surface area contributed by atoms with Crippen LogP contribution in [0.4, 0.5) is 5.69 Å². The fourth-order valence-corrected chi connectivity index (χ4v) is 12.8. The molecule has 0 aliphatic rings. The van der Waals surface area contributed by atoms with Crippen LogP contribution in [0.3, 0.4) is 0 Å². The number of fused-ring (bicyclic) bond motifs is 15. The Labute approximate surface area is 428 Å². The molecule has 11 aromatic carbocycles. The first-order valence-electron chi connectivity index (χ1n) is 25.2. The van der Waals surface area contributed by atoms with Gasteiger partial charge in [0.05, 0.1) is 90.1 Å². The third-order valence-electron chi connectivity index (χ3n) is 15.7. The van der Waals surface area contributed by atoms with E-state index in [0.717, 1.165) is 115 Å². The molecule has 0 amide bonds. The summed E-state index contributed by atoms with van der Waals surface area (Å²) < 4.78 is 11.5. The molecule has 16 aromatic rings. The Morgan fingerprint density at radius 1 is 0.280 bits per heavy atom.